The van der Waals surface area contributed by atoms with E-state index in [9.17, 15) is 14.4 Å². The molecule has 2 N–H and O–H groups in total. The molecule has 0 spiro atoms. The first-order valence-corrected chi connectivity index (χ1v) is 5.61. The molecule has 0 aliphatic carbocycles. The van der Waals surface area contributed by atoms with Crippen LogP contribution in [0.25, 0.3) is 0 Å². The van der Waals surface area contributed by atoms with Gasteiger partial charge in [-0.2, -0.15) is 0 Å². The van der Waals surface area contributed by atoms with Crippen molar-refractivity contribution in [2.24, 2.45) is 11.8 Å². The third-order valence-electron chi connectivity index (χ3n) is 3.03. The zero-order valence-electron chi connectivity index (χ0n) is 10.3. The van der Waals surface area contributed by atoms with Crippen molar-refractivity contribution in [2.45, 2.75) is 26.8 Å². The SMILES string of the molecule is CC(=O)NC(C)C(=O)N1C[C@@H](C)[C@H](C(=O)O)C1. The van der Waals surface area contributed by atoms with E-state index in [1.54, 1.807) is 6.92 Å². The van der Waals surface area contributed by atoms with Crippen LogP contribution < -0.4 is 5.32 Å². The maximum absolute atomic E-state index is 11.9. The Balaban J connectivity index is 2.61. The highest BCUT2D eigenvalue weighted by Gasteiger charge is 2.38. The molecule has 0 bridgehead atoms. The van der Waals surface area contributed by atoms with Crippen LogP contribution in [0, 0.1) is 11.8 Å². The molecule has 2 amide bonds. The summed E-state index contributed by atoms with van der Waals surface area (Å²) in [6, 6.07) is -0.604. The van der Waals surface area contributed by atoms with Crippen molar-refractivity contribution >= 4 is 17.8 Å². The fraction of sp³-hybridized carbons (Fsp3) is 0.727. The summed E-state index contributed by atoms with van der Waals surface area (Å²) in [6.45, 7) is 5.41. The van der Waals surface area contributed by atoms with E-state index >= 15 is 0 Å². The monoisotopic (exact) mass is 242 g/mol. The summed E-state index contributed by atoms with van der Waals surface area (Å²) in [6.07, 6.45) is 0. The lowest BCUT2D eigenvalue weighted by atomic mass is 9.99. The van der Waals surface area contributed by atoms with Gasteiger partial charge in [-0.05, 0) is 12.8 Å². The lowest BCUT2D eigenvalue weighted by Gasteiger charge is -2.21. The largest absolute Gasteiger partial charge is 0.481 e. The molecule has 1 unspecified atom stereocenters. The molecule has 3 atom stereocenters. The van der Waals surface area contributed by atoms with Gasteiger partial charge in [-0.25, -0.2) is 0 Å². The van der Waals surface area contributed by atoms with E-state index < -0.39 is 17.9 Å². The number of aliphatic carboxylic acids is 1. The second-order valence-electron chi connectivity index (χ2n) is 4.59. The minimum atomic E-state index is -0.875. The van der Waals surface area contributed by atoms with Crippen LogP contribution in [0.15, 0.2) is 0 Å². The molecule has 0 aromatic carbocycles. The minimum absolute atomic E-state index is 0.0546. The predicted molar refractivity (Wildman–Crippen MR) is 60.1 cm³/mol. The Hall–Kier alpha value is -1.59. The Morgan fingerprint density at radius 3 is 2.35 bits per heavy atom. The molecule has 0 aromatic rings. The molecule has 96 valence electrons. The first-order chi connectivity index (χ1) is 7.82. The molecule has 0 saturated carbocycles. The van der Waals surface area contributed by atoms with E-state index in [1.807, 2.05) is 6.92 Å². The predicted octanol–water partition coefficient (Wildman–Crippen LogP) is -0.310. The highest BCUT2D eigenvalue weighted by molar-refractivity contribution is 5.87. The highest BCUT2D eigenvalue weighted by Crippen LogP contribution is 2.23. The van der Waals surface area contributed by atoms with Gasteiger partial charge in [0.1, 0.15) is 6.04 Å². The number of nitrogens with one attached hydrogen (secondary N) is 1. The molecule has 1 heterocycles. The zero-order valence-corrected chi connectivity index (χ0v) is 10.3. The third-order valence-corrected chi connectivity index (χ3v) is 3.03. The molecular weight excluding hydrogens is 224 g/mol. The Kier molecular flexibility index (Phi) is 4.09. The van der Waals surface area contributed by atoms with Crippen LogP contribution in [0.1, 0.15) is 20.8 Å². The van der Waals surface area contributed by atoms with E-state index in [1.165, 1.54) is 11.8 Å². The molecular formula is C11H18N2O4. The maximum atomic E-state index is 11.9. The number of carbonyl (C=O) groups is 3. The molecule has 6 heteroatoms. The van der Waals surface area contributed by atoms with Gasteiger partial charge in [0.15, 0.2) is 0 Å². The van der Waals surface area contributed by atoms with Crippen molar-refractivity contribution in [3.05, 3.63) is 0 Å². The topological polar surface area (TPSA) is 86.7 Å². The van der Waals surface area contributed by atoms with Crippen molar-refractivity contribution < 1.29 is 19.5 Å². The summed E-state index contributed by atoms with van der Waals surface area (Å²) in [5.41, 5.74) is 0. The standard InChI is InChI=1S/C11H18N2O4/c1-6-4-13(5-9(6)11(16)17)10(15)7(2)12-8(3)14/h6-7,9H,4-5H2,1-3H3,(H,12,14)(H,16,17)/t6-,7?,9-/m1/s1. The maximum Gasteiger partial charge on any atom is 0.308 e. The summed E-state index contributed by atoms with van der Waals surface area (Å²) < 4.78 is 0. The molecule has 1 aliphatic heterocycles. The number of likely N-dealkylation sites (tertiary alicyclic amines) is 1. The molecule has 17 heavy (non-hydrogen) atoms. The van der Waals surface area contributed by atoms with E-state index in [-0.39, 0.29) is 24.3 Å². The summed E-state index contributed by atoms with van der Waals surface area (Å²) >= 11 is 0. The number of hydrogen-bond donors (Lipinski definition) is 2. The van der Waals surface area contributed by atoms with Crippen LogP contribution in [0.5, 0.6) is 0 Å². The van der Waals surface area contributed by atoms with Crippen LogP contribution in [-0.2, 0) is 14.4 Å². The first kappa shape index (κ1) is 13.5. The van der Waals surface area contributed by atoms with Gasteiger partial charge in [-0.3, -0.25) is 14.4 Å². The van der Waals surface area contributed by atoms with E-state index in [2.05, 4.69) is 5.32 Å². The minimum Gasteiger partial charge on any atom is -0.481 e. The molecule has 0 radical (unpaired) electrons. The van der Waals surface area contributed by atoms with Gasteiger partial charge in [0.05, 0.1) is 5.92 Å². The highest BCUT2D eigenvalue weighted by atomic mass is 16.4. The molecule has 1 fully saturated rings. The van der Waals surface area contributed by atoms with Crippen molar-refractivity contribution in [1.82, 2.24) is 10.2 Å². The van der Waals surface area contributed by atoms with Gasteiger partial charge in [0.2, 0.25) is 11.8 Å². The van der Waals surface area contributed by atoms with E-state index in [4.69, 9.17) is 5.11 Å². The van der Waals surface area contributed by atoms with Gasteiger partial charge < -0.3 is 15.3 Å². The number of rotatable bonds is 3. The Labute approximate surface area is 100.0 Å². The fourth-order valence-corrected chi connectivity index (χ4v) is 2.11. The Morgan fingerprint density at radius 1 is 1.35 bits per heavy atom. The van der Waals surface area contributed by atoms with Gasteiger partial charge in [-0.15, -0.1) is 0 Å². The van der Waals surface area contributed by atoms with Crippen LogP contribution in [-0.4, -0.2) is 46.9 Å². The normalized spacial score (nSPS) is 25.5. The zero-order chi connectivity index (χ0) is 13.2. The molecule has 1 aliphatic rings. The summed E-state index contributed by atoms with van der Waals surface area (Å²) in [7, 11) is 0. The van der Waals surface area contributed by atoms with Crippen LogP contribution in [0.4, 0.5) is 0 Å². The number of carbonyl (C=O) groups excluding carboxylic acids is 2. The van der Waals surface area contributed by atoms with Crippen molar-refractivity contribution in [2.75, 3.05) is 13.1 Å². The second-order valence-corrected chi connectivity index (χ2v) is 4.59. The number of carboxylic acid groups (broad SMARTS) is 1. The quantitative estimate of drug-likeness (QED) is 0.710. The van der Waals surface area contributed by atoms with Gasteiger partial charge in [-0.1, -0.05) is 6.92 Å². The summed E-state index contributed by atoms with van der Waals surface area (Å²) in [5, 5.41) is 11.5. The fourth-order valence-electron chi connectivity index (χ4n) is 2.11. The number of amides is 2. The van der Waals surface area contributed by atoms with Crippen LogP contribution in [0.3, 0.4) is 0 Å². The summed E-state index contributed by atoms with van der Waals surface area (Å²) in [5.74, 6) is -1.94. The number of nitrogens with zero attached hydrogens (tertiary/aromatic N) is 1. The van der Waals surface area contributed by atoms with Gasteiger partial charge >= 0.3 is 5.97 Å². The molecule has 6 nitrogen and oxygen atoms in total. The number of hydrogen-bond acceptors (Lipinski definition) is 3. The average Bonchev–Trinajstić information content (AvgIpc) is 2.58. The molecule has 1 saturated heterocycles. The average molecular weight is 242 g/mol. The Morgan fingerprint density at radius 2 is 1.94 bits per heavy atom. The lowest BCUT2D eigenvalue weighted by molar-refractivity contribution is -0.142. The van der Waals surface area contributed by atoms with Crippen molar-refractivity contribution in [3.63, 3.8) is 0 Å². The van der Waals surface area contributed by atoms with Gasteiger partial charge in [0.25, 0.3) is 0 Å². The van der Waals surface area contributed by atoms with Crippen LogP contribution in [0.2, 0.25) is 0 Å². The van der Waals surface area contributed by atoms with Crippen molar-refractivity contribution in [3.8, 4) is 0 Å². The second kappa shape index (κ2) is 5.16. The Bertz CT molecular complexity index is 342. The molecule has 1 rings (SSSR count). The number of carboxylic acids is 1. The van der Waals surface area contributed by atoms with Crippen molar-refractivity contribution in [1.29, 1.82) is 0 Å². The van der Waals surface area contributed by atoms with Gasteiger partial charge in [0, 0.05) is 20.0 Å². The van der Waals surface area contributed by atoms with Crippen LogP contribution >= 0.6 is 0 Å². The summed E-state index contributed by atoms with van der Waals surface area (Å²) in [4.78, 5) is 35.2. The smallest absolute Gasteiger partial charge is 0.308 e. The first-order valence-electron chi connectivity index (χ1n) is 5.61. The molecule has 0 aromatic heterocycles. The lowest BCUT2D eigenvalue weighted by Crippen LogP contribution is -2.45. The third kappa shape index (κ3) is 3.18. The van der Waals surface area contributed by atoms with E-state index in [0.29, 0.717) is 6.54 Å². The van der Waals surface area contributed by atoms with E-state index in [0.717, 1.165) is 0 Å².